The summed E-state index contributed by atoms with van der Waals surface area (Å²) in [6.07, 6.45) is 0.830. The molecule has 0 bridgehead atoms. The van der Waals surface area contributed by atoms with E-state index in [1.165, 1.54) is 37.4 Å². The number of rotatable bonds is 9. The van der Waals surface area contributed by atoms with Gasteiger partial charge in [-0.2, -0.15) is 0 Å². The predicted octanol–water partition coefficient (Wildman–Crippen LogP) is 4.01. The smallest absolute Gasteiger partial charge is 0.343 e. The van der Waals surface area contributed by atoms with E-state index in [1.54, 1.807) is 6.07 Å². The summed E-state index contributed by atoms with van der Waals surface area (Å²) in [7, 11) is 1.39. The van der Waals surface area contributed by atoms with E-state index in [0.29, 0.717) is 24.7 Å². The lowest BCUT2D eigenvalue weighted by atomic mass is 10.2. The van der Waals surface area contributed by atoms with Gasteiger partial charge in [-0.15, -0.1) is 0 Å². The molecule has 0 aliphatic heterocycles. The van der Waals surface area contributed by atoms with Crippen molar-refractivity contribution in [3.63, 3.8) is 0 Å². The van der Waals surface area contributed by atoms with Crippen molar-refractivity contribution >= 4 is 11.7 Å². The fourth-order valence-corrected chi connectivity index (χ4v) is 2.25. The molecule has 144 valence electrons. The van der Waals surface area contributed by atoms with Crippen LogP contribution in [0.1, 0.15) is 30.6 Å². The first-order valence-electron chi connectivity index (χ1n) is 8.44. The Labute approximate surface area is 156 Å². The first-order chi connectivity index (χ1) is 13.0. The van der Waals surface area contributed by atoms with E-state index >= 15 is 0 Å². The van der Waals surface area contributed by atoms with E-state index in [0.717, 1.165) is 6.42 Å². The maximum absolute atomic E-state index is 12.5. The molecule has 0 fully saturated rings. The SMILES string of the molecule is CCCOc1ccc(C(=O)Oc2ccc(OC)cc2[N+](=O)[O-])cc1OCC. The van der Waals surface area contributed by atoms with E-state index in [1.807, 2.05) is 13.8 Å². The molecule has 0 saturated carbocycles. The molecule has 0 spiro atoms. The summed E-state index contributed by atoms with van der Waals surface area (Å²) in [4.78, 5) is 23.0. The zero-order chi connectivity index (χ0) is 19.8. The van der Waals surface area contributed by atoms with Crippen LogP contribution in [0.2, 0.25) is 0 Å². The first kappa shape index (κ1) is 20.0. The van der Waals surface area contributed by atoms with Crippen LogP contribution in [0.5, 0.6) is 23.0 Å². The first-order valence-corrected chi connectivity index (χ1v) is 8.44. The van der Waals surface area contributed by atoms with E-state index in [-0.39, 0.29) is 22.7 Å². The topological polar surface area (TPSA) is 97.1 Å². The van der Waals surface area contributed by atoms with Gasteiger partial charge in [0.1, 0.15) is 5.75 Å². The van der Waals surface area contributed by atoms with Gasteiger partial charge in [0, 0.05) is 0 Å². The third-order valence-corrected chi connectivity index (χ3v) is 3.51. The summed E-state index contributed by atoms with van der Waals surface area (Å²) in [5.41, 5.74) is -0.178. The van der Waals surface area contributed by atoms with Crippen molar-refractivity contribution in [2.45, 2.75) is 20.3 Å². The Balaban J connectivity index is 2.27. The summed E-state index contributed by atoms with van der Waals surface area (Å²) < 4.78 is 21.3. The van der Waals surface area contributed by atoms with Crippen molar-refractivity contribution in [3.8, 4) is 23.0 Å². The molecule has 0 unspecified atom stereocenters. The molecule has 0 saturated heterocycles. The lowest BCUT2D eigenvalue weighted by molar-refractivity contribution is -0.385. The molecule has 0 amide bonds. The minimum Gasteiger partial charge on any atom is -0.496 e. The number of nitrogens with zero attached hydrogens (tertiary/aromatic N) is 1. The second-order valence-corrected chi connectivity index (χ2v) is 5.42. The number of nitro groups is 1. The highest BCUT2D eigenvalue weighted by Crippen LogP contribution is 2.33. The van der Waals surface area contributed by atoms with Crippen LogP contribution >= 0.6 is 0 Å². The standard InChI is InChI=1S/C19H21NO7/c1-4-10-26-17-8-6-13(11-18(17)25-5-2)19(21)27-16-9-7-14(24-3)12-15(16)20(22)23/h6-9,11-12H,4-5,10H2,1-3H3. The highest BCUT2D eigenvalue weighted by Gasteiger charge is 2.21. The third-order valence-electron chi connectivity index (χ3n) is 3.51. The molecule has 0 atom stereocenters. The number of benzene rings is 2. The molecule has 0 N–H and O–H groups in total. The lowest BCUT2D eigenvalue weighted by Gasteiger charge is -2.13. The van der Waals surface area contributed by atoms with Gasteiger partial charge >= 0.3 is 11.7 Å². The Morgan fingerprint density at radius 3 is 2.41 bits per heavy atom. The summed E-state index contributed by atoms with van der Waals surface area (Å²) in [5.74, 6) is 0.300. The largest absolute Gasteiger partial charge is 0.496 e. The van der Waals surface area contributed by atoms with Crippen LogP contribution in [0, 0.1) is 10.1 Å². The average Bonchev–Trinajstić information content (AvgIpc) is 2.67. The molecule has 0 heterocycles. The molecular weight excluding hydrogens is 354 g/mol. The maximum Gasteiger partial charge on any atom is 0.343 e. The van der Waals surface area contributed by atoms with Crippen LogP contribution in [0.4, 0.5) is 5.69 Å². The van der Waals surface area contributed by atoms with Gasteiger partial charge in [-0.1, -0.05) is 6.92 Å². The fourth-order valence-electron chi connectivity index (χ4n) is 2.25. The van der Waals surface area contributed by atoms with Crippen molar-refractivity contribution in [1.29, 1.82) is 0 Å². The average molecular weight is 375 g/mol. The van der Waals surface area contributed by atoms with Crippen LogP contribution in [-0.4, -0.2) is 31.2 Å². The fraction of sp³-hybridized carbons (Fsp3) is 0.316. The molecular formula is C19H21NO7. The molecule has 2 aromatic carbocycles. The molecule has 0 radical (unpaired) electrons. The van der Waals surface area contributed by atoms with Crippen LogP contribution in [0.25, 0.3) is 0 Å². The van der Waals surface area contributed by atoms with Crippen molar-refractivity contribution < 1.29 is 28.7 Å². The van der Waals surface area contributed by atoms with Crippen LogP contribution < -0.4 is 18.9 Å². The van der Waals surface area contributed by atoms with E-state index in [9.17, 15) is 14.9 Å². The Bertz CT molecular complexity index is 820. The zero-order valence-electron chi connectivity index (χ0n) is 15.4. The second-order valence-electron chi connectivity index (χ2n) is 5.42. The van der Waals surface area contributed by atoms with Gasteiger partial charge in [-0.05, 0) is 43.7 Å². The molecule has 2 aromatic rings. The summed E-state index contributed by atoms with van der Waals surface area (Å²) in [6, 6.07) is 8.60. The quantitative estimate of drug-likeness (QED) is 0.283. The Hall–Kier alpha value is -3.29. The van der Waals surface area contributed by atoms with Gasteiger partial charge in [0.05, 0.1) is 36.9 Å². The van der Waals surface area contributed by atoms with Crippen molar-refractivity contribution in [3.05, 3.63) is 52.1 Å². The molecule has 27 heavy (non-hydrogen) atoms. The number of methoxy groups -OCH3 is 1. The number of hydrogen-bond donors (Lipinski definition) is 0. The van der Waals surface area contributed by atoms with Gasteiger partial charge in [-0.3, -0.25) is 10.1 Å². The summed E-state index contributed by atoms with van der Waals surface area (Å²) in [5, 5.41) is 11.2. The number of carbonyl (C=O) groups is 1. The van der Waals surface area contributed by atoms with Gasteiger partial charge in [-0.25, -0.2) is 4.79 Å². The number of nitro benzene ring substituents is 1. The second kappa shape index (κ2) is 9.42. The highest BCUT2D eigenvalue weighted by molar-refractivity contribution is 5.92. The zero-order valence-corrected chi connectivity index (χ0v) is 15.4. The molecule has 0 aliphatic carbocycles. The molecule has 8 heteroatoms. The third kappa shape index (κ3) is 5.10. The van der Waals surface area contributed by atoms with Crippen molar-refractivity contribution in [2.75, 3.05) is 20.3 Å². The highest BCUT2D eigenvalue weighted by atomic mass is 16.6. The van der Waals surface area contributed by atoms with Crippen LogP contribution in [0.3, 0.4) is 0 Å². The van der Waals surface area contributed by atoms with Gasteiger partial charge in [0.25, 0.3) is 0 Å². The van der Waals surface area contributed by atoms with E-state index in [2.05, 4.69) is 0 Å². The van der Waals surface area contributed by atoms with Gasteiger partial charge in [0.15, 0.2) is 11.5 Å². The van der Waals surface area contributed by atoms with Crippen LogP contribution in [-0.2, 0) is 0 Å². The summed E-state index contributed by atoms with van der Waals surface area (Å²) >= 11 is 0. The molecule has 2 rings (SSSR count). The Morgan fingerprint density at radius 1 is 1.04 bits per heavy atom. The van der Waals surface area contributed by atoms with Crippen molar-refractivity contribution in [1.82, 2.24) is 0 Å². The Kier molecular flexibility index (Phi) is 6.99. The van der Waals surface area contributed by atoms with Gasteiger partial charge in [0.2, 0.25) is 5.75 Å². The molecule has 0 aliphatic rings. The molecule has 0 aromatic heterocycles. The monoisotopic (exact) mass is 375 g/mol. The van der Waals surface area contributed by atoms with Crippen molar-refractivity contribution in [2.24, 2.45) is 0 Å². The number of carbonyl (C=O) groups excluding carboxylic acids is 1. The predicted molar refractivity (Wildman–Crippen MR) is 98.0 cm³/mol. The normalized spacial score (nSPS) is 10.2. The minimum atomic E-state index is -0.744. The van der Waals surface area contributed by atoms with Gasteiger partial charge < -0.3 is 18.9 Å². The summed E-state index contributed by atoms with van der Waals surface area (Å²) in [6.45, 7) is 4.70. The lowest BCUT2D eigenvalue weighted by Crippen LogP contribution is -2.11. The van der Waals surface area contributed by atoms with E-state index in [4.69, 9.17) is 18.9 Å². The number of ether oxygens (including phenoxy) is 4. The Morgan fingerprint density at radius 2 is 1.78 bits per heavy atom. The van der Waals surface area contributed by atoms with E-state index < -0.39 is 10.9 Å². The number of esters is 1. The number of hydrogen-bond acceptors (Lipinski definition) is 7. The van der Waals surface area contributed by atoms with Crippen LogP contribution in [0.15, 0.2) is 36.4 Å². The molecule has 8 nitrogen and oxygen atoms in total. The maximum atomic E-state index is 12.5. The minimum absolute atomic E-state index is 0.171.